The molecular formula is C19H24N2O4. The lowest BCUT2D eigenvalue weighted by molar-refractivity contribution is -0.149. The van der Waals surface area contributed by atoms with Gasteiger partial charge in [-0.25, -0.2) is 0 Å². The molecule has 25 heavy (non-hydrogen) atoms. The summed E-state index contributed by atoms with van der Waals surface area (Å²) in [4.78, 5) is 38.3. The maximum absolute atomic E-state index is 12.8. The van der Waals surface area contributed by atoms with Gasteiger partial charge in [0.1, 0.15) is 0 Å². The molecule has 6 nitrogen and oxygen atoms in total. The van der Waals surface area contributed by atoms with Crippen LogP contribution >= 0.6 is 0 Å². The van der Waals surface area contributed by atoms with Crippen LogP contribution in [-0.2, 0) is 14.3 Å². The van der Waals surface area contributed by atoms with Crippen LogP contribution in [0.1, 0.15) is 43.0 Å². The topological polar surface area (TPSA) is 75.7 Å². The summed E-state index contributed by atoms with van der Waals surface area (Å²) < 4.78 is 5.08. The van der Waals surface area contributed by atoms with Crippen molar-refractivity contribution >= 4 is 23.5 Å². The Balaban J connectivity index is 1.65. The molecule has 0 aromatic heterocycles. The van der Waals surface area contributed by atoms with Gasteiger partial charge in [-0.15, -0.1) is 0 Å². The smallest absolute Gasteiger partial charge is 0.310 e. The first-order chi connectivity index (χ1) is 12.1. The van der Waals surface area contributed by atoms with Crippen LogP contribution in [0, 0.1) is 11.8 Å². The van der Waals surface area contributed by atoms with E-state index in [9.17, 15) is 14.4 Å². The molecule has 0 spiro atoms. The van der Waals surface area contributed by atoms with Crippen molar-refractivity contribution < 1.29 is 19.1 Å². The van der Waals surface area contributed by atoms with Crippen LogP contribution in [0.3, 0.4) is 0 Å². The lowest BCUT2D eigenvalue weighted by Gasteiger charge is -2.31. The number of benzene rings is 1. The summed E-state index contributed by atoms with van der Waals surface area (Å²) in [5, 5.41) is 2.86. The van der Waals surface area contributed by atoms with E-state index >= 15 is 0 Å². The average molecular weight is 344 g/mol. The van der Waals surface area contributed by atoms with Crippen molar-refractivity contribution in [2.75, 3.05) is 25.0 Å². The van der Waals surface area contributed by atoms with Gasteiger partial charge in [0.2, 0.25) is 5.91 Å². The van der Waals surface area contributed by atoms with Gasteiger partial charge in [-0.1, -0.05) is 6.07 Å². The largest absolute Gasteiger partial charge is 0.466 e. The number of hydrogen-bond acceptors (Lipinski definition) is 4. The number of carbonyl (C=O) groups is 3. The van der Waals surface area contributed by atoms with Crippen molar-refractivity contribution in [3.05, 3.63) is 29.8 Å². The van der Waals surface area contributed by atoms with E-state index in [0.29, 0.717) is 30.9 Å². The van der Waals surface area contributed by atoms with Crippen molar-refractivity contribution in [1.29, 1.82) is 0 Å². The Morgan fingerprint density at radius 3 is 2.72 bits per heavy atom. The summed E-state index contributed by atoms with van der Waals surface area (Å²) in [6.07, 6.45) is 3.41. The Morgan fingerprint density at radius 1 is 1.20 bits per heavy atom. The summed E-state index contributed by atoms with van der Waals surface area (Å²) in [5.41, 5.74) is 1.17. The van der Waals surface area contributed by atoms with Gasteiger partial charge in [-0.3, -0.25) is 14.4 Å². The Labute approximate surface area is 147 Å². The highest BCUT2D eigenvalue weighted by Gasteiger charge is 2.31. The fourth-order valence-electron chi connectivity index (χ4n) is 3.12. The van der Waals surface area contributed by atoms with Gasteiger partial charge in [0, 0.05) is 30.3 Å². The third-order valence-electron chi connectivity index (χ3n) is 4.65. The van der Waals surface area contributed by atoms with Crippen LogP contribution in [0.15, 0.2) is 24.3 Å². The van der Waals surface area contributed by atoms with E-state index in [1.165, 1.54) is 0 Å². The molecule has 0 bridgehead atoms. The Hall–Kier alpha value is -2.37. The normalized spacial score (nSPS) is 20.0. The molecule has 1 aliphatic carbocycles. The van der Waals surface area contributed by atoms with Gasteiger partial charge in [0.05, 0.1) is 12.5 Å². The summed E-state index contributed by atoms with van der Waals surface area (Å²) >= 11 is 0. The number of esters is 1. The minimum Gasteiger partial charge on any atom is -0.466 e. The number of amides is 2. The molecule has 1 heterocycles. The van der Waals surface area contributed by atoms with Crippen LogP contribution in [-0.4, -0.2) is 42.4 Å². The summed E-state index contributed by atoms with van der Waals surface area (Å²) in [6, 6.07) is 7.00. The third kappa shape index (κ3) is 4.38. The first-order valence-electron chi connectivity index (χ1n) is 8.95. The highest BCUT2D eigenvalue weighted by atomic mass is 16.5. The second kappa shape index (κ2) is 7.68. The Bertz CT molecular complexity index is 669. The molecular weight excluding hydrogens is 320 g/mol. The van der Waals surface area contributed by atoms with Crippen molar-refractivity contribution in [3.8, 4) is 0 Å². The molecule has 2 fully saturated rings. The molecule has 0 radical (unpaired) electrons. The molecule has 1 saturated heterocycles. The van der Waals surface area contributed by atoms with Crippen molar-refractivity contribution in [1.82, 2.24) is 4.90 Å². The van der Waals surface area contributed by atoms with Crippen molar-refractivity contribution in [3.63, 3.8) is 0 Å². The minimum absolute atomic E-state index is 0.0185. The highest BCUT2D eigenvalue weighted by molar-refractivity contribution is 5.98. The van der Waals surface area contributed by atoms with E-state index in [4.69, 9.17) is 4.74 Å². The van der Waals surface area contributed by atoms with Crippen LogP contribution in [0.25, 0.3) is 0 Å². The van der Waals surface area contributed by atoms with E-state index in [1.807, 2.05) is 0 Å². The SMILES string of the molecule is CCOC(=O)C1CCCN(C(=O)c2cccc(NC(=O)C3CC3)c2)C1. The van der Waals surface area contributed by atoms with Crippen LogP contribution in [0.5, 0.6) is 0 Å². The number of hydrogen-bond donors (Lipinski definition) is 1. The molecule has 134 valence electrons. The summed E-state index contributed by atoms with van der Waals surface area (Å²) in [6.45, 7) is 3.15. The zero-order chi connectivity index (χ0) is 17.8. The van der Waals surface area contributed by atoms with Crippen molar-refractivity contribution in [2.24, 2.45) is 11.8 Å². The van der Waals surface area contributed by atoms with Gasteiger partial charge in [-0.05, 0) is 50.8 Å². The number of likely N-dealkylation sites (tertiary alicyclic amines) is 1. The van der Waals surface area contributed by atoms with Gasteiger partial charge in [0.15, 0.2) is 0 Å². The van der Waals surface area contributed by atoms with Crippen molar-refractivity contribution in [2.45, 2.75) is 32.6 Å². The fraction of sp³-hybridized carbons (Fsp3) is 0.526. The fourth-order valence-corrected chi connectivity index (χ4v) is 3.12. The van der Waals surface area contributed by atoms with E-state index in [0.717, 1.165) is 25.7 Å². The lowest BCUT2D eigenvalue weighted by Crippen LogP contribution is -2.42. The van der Waals surface area contributed by atoms with Crippen LogP contribution in [0.4, 0.5) is 5.69 Å². The Kier molecular flexibility index (Phi) is 5.36. The molecule has 1 unspecified atom stereocenters. The third-order valence-corrected chi connectivity index (χ3v) is 4.65. The number of nitrogens with one attached hydrogen (secondary N) is 1. The first kappa shape index (κ1) is 17.5. The maximum atomic E-state index is 12.8. The monoisotopic (exact) mass is 344 g/mol. The standard InChI is InChI=1S/C19H24N2O4/c1-2-25-19(24)15-6-4-10-21(12-15)18(23)14-5-3-7-16(11-14)20-17(22)13-8-9-13/h3,5,7,11,13,15H,2,4,6,8-10,12H2,1H3,(H,20,22). The molecule has 1 aromatic rings. The molecule has 6 heteroatoms. The minimum atomic E-state index is -0.254. The van der Waals surface area contributed by atoms with Gasteiger partial charge >= 0.3 is 5.97 Å². The number of rotatable bonds is 5. The predicted octanol–water partition coefficient (Wildman–Crippen LogP) is 2.45. The number of nitrogens with zero attached hydrogens (tertiary/aromatic N) is 1. The van der Waals surface area contributed by atoms with Gasteiger partial charge in [-0.2, -0.15) is 0 Å². The number of anilines is 1. The lowest BCUT2D eigenvalue weighted by atomic mass is 9.97. The molecule has 1 aliphatic heterocycles. The number of piperidine rings is 1. The maximum Gasteiger partial charge on any atom is 0.310 e. The zero-order valence-electron chi connectivity index (χ0n) is 14.5. The zero-order valence-corrected chi connectivity index (χ0v) is 14.5. The number of ether oxygens (including phenoxy) is 1. The second-order valence-electron chi connectivity index (χ2n) is 6.69. The Morgan fingerprint density at radius 2 is 2.00 bits per heavy atom. The molecule has 3 rings (SSSR count). The highest BCUT2D eigenvalue weighted by Crippen LogP contribution is 2.30. The molecule has 2 aliphatic rings. The van der Waals surface area contributed by atoms with E-state index in [2.05, 4.69) is 5.32 Å². The summed E-state index contributed by atoms with van der Waals surface area (Å²) in [5.74, 6) is -0.464. The van der Waals surface area contributed by atoms with Gasteiger partial charge < -0.3 is 15.0 Å². The number of carbonyl (C=O) groups excluding carboxylic acids is 3. The van der Waals surface area contributed by atoms with Crippen LogP contribution < -0.4 is 5.32 Å². The second-order valence-corrected chi connectivity index (χ2v) is 6.69. The van der Waals surface area contributed by atoms with E-state index in [-0.39, 0.29) is 29.6 Å². The predicted molar refractivity (Wildman–Crippen MR) is 93.1 cm³/mol. The van der Waals surface area contributed by atoms with Gasteiger partial charge in [0.25, 0.3) is 5.91 Å². The van der Waals surface area contributed by atoms with Crippen LogP contribution in [0.2, 0.25) is 0 Å². The van der Waals surface area contributed by atoms with E-state index < -0.39 is 0 Å². The molecule has 2 amide bonds. The molecule has 1 N–H and O–H groups in total. The summed E-state index contributed by atoms with van der Waals surface area (Å²) in [7, 11) is 0. The van der Waals surface area contributed by atoms with E-state index in [1.54, 1.807) is 36.1 Å². The first-order valence-corrected chi connectivity index (χ1v) is 8.95. The quantitative estimate of drug-likeness (QED) is 0.833. The molecule has 1 aromatic carbocycles. The average Bonchev–Trinajstić information content (AvgIpc) is 3.47. The molecule has 1 atom stereocenters. The molecule has 1 saturated carbocycles.